The van der Waals surface area contributed by atoms with Gasteiger partial charge in [0.15, 0.2) is 0 Å². The van der Waals surface area contributed by atoms with Gasteiger partial charge in [0.2, 0.25) is 0 Å². The molecular weight excluding hydrogens is 370 g/mol. The van der Waals surface area contributed by atoms with Crippen LogP contribution in [0.2, 0.25) is 0 Å². The molecule has 148 valence electrons. The number of aliphatic imine (C=N–C) groups is 1. The number of nitrogens with zero attached hydrogens (tertiary/aromatic N) is 1. The zero-order valence-corrected chi connectivity index (χ0v) is 16.9. The van der Waals surface area contributed by atoms with E-state index in [1.807, 2.05) is 12.1 Å². The minimum atomic E-state index is -0.725. The number of aryl methyl sites for hydroxylation is 1. The van der Waals surface area contributed by atoms with Crippen LogP contribution in [0.5, 0.6) is 0 Å². The van der Waals surface area contributed by atoms with Crippen LogP contribution in [0, 0.1) is 12.8 Å². The monoisotopic (exact) mass is 397 g/mol. The van der Waals surface area contributed by atoms with Crippen molar-refractivity contribution in [1.29, 1.82) is 0 Å². The molecule has 0 aliphatic carbocycles. The second-order valence-corrected chi connectivity index (χ2v) is 8.34. The van der Waals surface area contributed by atoms with Gasteiger partial charge in [0.25, 0.3) is 6.02 Å². The molecule has 0 saturated carbocycles. The van der Waals surface area contributed by atoms with Crippen molar-refractivity contribution in [2.75, 3.05) is 25.0 Å². The highest BCUT2D eigenvalue weighted by Crippen LogP contribution is 2.42. The van der Waals surface area contributed by atoms with E-state index in [2.05, 4.69) is 52.6 Å². The largest absolute Gasteiger partial charge is 0.481 e. The predicted molar refractivity (Wildman–Crippen MR) is 116 cm³/mol. The first kappa shape index (κ1) is 19.3. The lowest BCUT2D eigenvalue weighted by Gasteiger charge is -2.42. The number of fused-ring (bicyclic) bond motifs is 2. The summed E-state index contributed by atoms with van der Waals surface area (Å²) in [6.07, 6.45) is 1.70. The van der Waals surface area contributed by atoms with Gasteiger partial charge >= 0.3 is 0 Å². The number of rotatable bonds is 5. The number of aliphatic hydroxyl groups is 1. The minimum absolute atomic E-state index is 0.0539. The summed E-state index contributed by atoms with van der Waals surface area (Å²) in [7, 11) is 0. The van der Waals surface area contributed by atoms with Crippen LogP contribution < -0.4 is 21.1 Å². The van der Waals surface area contributed by atoms with Crippen molar-refractivity contribution >= 4 is 23.7 Å². The first-order valence-electron chi connectivity index (χ1n) is 9.72. The quantitative estimate of drug-likeness (QED) is 0.393. The van der Waals surface area contributed by atoms with Gasteiger partial charge in [-0.3, -0.25) is 10.0 Å². The molecule has 0 bridgehead atoms. The average Bonchev–Trinajstić information content (AvgIpc) is 2.91. The zero-order valence-electron chi connectivity index (χ0n) is 16.0. The molecule has 0 spiro atoms. The normalized spacial score (nSPS) is 23.8. The van der Waals surface area contributed by atoms with E-state index in [4.69, 9.17) is 10.7 Å². The lowest BCUT2D eigenvalue weighted by Crippen LogP contribution is -2.53. The van der Waals surface area contributed by atoms with E-state index in [1.165, 1.54) is 16.0 Å². The third kappa shape index (κ3) is 3.63. The fourth-order valence-electron chi connectivity index (χ4n) is 4.05. The van der Waals surface area contributed by atoms with Gasteiger partial charge in [-0.2, -0.15) is 0 Å². The number of nitrogens with one attached hydrogen (secondary N) is 3. The molecule has 2 aromatic rings. The van der Waals surface area contributed by atoms with Crippen molar-refractivity contribution in [2.45, 2.75) is 30.3 Å². The van der Waals surface area contributed by atoms with E-state index in [9.17, 15) is 5.11 Å². The smallest absolute Gasteiger partial charge is 0.288 e. The maximum Gasteiger partial charge on any atom is 0.288 e. The number of anilines is 1. The molecule has 0 saturated heterocycles. The second kappa shape index (κ2) is 8.13. The van der Waals surface area contributed by atoms with Crippen LogP contribution in [0.1, 0.15) is 23.1 Å². The summed E-state index contributed by atoms with van der Waals surface area (Å²) in [5.74, 6) is 0.117. The van der Waals surface area contributed by atoms with Gasteiger partial charge in [-0.05, 0) is 62.5 Å². The highest BCUT2D eigenvalue weighted by molar-refractivity contribution is 7.97. The fourth-order valence-corrected chi connectivity index (χ4v) is 4.92. The summed E-state index contributed by atoms with van der Waals surface area (Å²) >= 11 is 1.67. The van der Waals surface area contributed by atoms with Crippen LogP contribution in [0.3, 0.4) is 0 Å². The Kier molecular flexibility index (Phi) is 5.59. The molecule has 0 fully saturated rings. The van der Waals surface area contributed by atoms with Crippen molar-refractivity contribution in [3.63, 3.8) is 0 Å². The third-order valence-corrected chi connectivity index (χ3v) is 6.36. The zero-order chi connectivity index (χ0) is 19.6. The first-order chi connectivity index (χ1) is 13.6. The van der Waals surface area contributed by atoms with Gasteiger partial charge < -0.3 is 16.2 Å². The summed E-state index contributed by atoms with van der Waals surface area (Å²) in [6, 6.07) is 14.6. The van der Waals surface area contributed by atoms with Gasteiger partial charge in [-0.25, -0.2) is 4.99 Å². The van der Waals surface area contributed by atoms with Crippen molar-refractivity contribution in [3.8, 4) is 0 Å². The Morgan fingerprint density at radius 1 is 1.32 bits per heavy atom. The number of nitrogens with two attached hydrogens (primary N) is 1. The van der Waals surface area contributed by atoms with Gasteiger partial charge in [-0.15, -0.1) is 0 Å². The molecule has 2 heterocycles. The SMILES string of the molecule is Cc1ccc2c(c1)C(NCCCN)(C1CNSc3ccccc3C1)N=C(O)N2. The molecule has 7 heteroatoms. The van der Waals surface area contributed by atoms with Crippen LogP contribution in [-0.4, -0.2) is 30.8 Å². The topological polar surface area (TPSA) is 94.7 Å². The van der Waals surface area contributed by atoms with Gasteiger partial charge in [0.05, 0.1) is 0 Å². The Morgan fingerprint density at radius 2 is 2.18 bits per heavy atom. The number of benzene rings is 2. The average molecular weight is 398 g/mol. The van der Waals surface area contributed by atoms with E-state index >= 15 is 0 Å². The highest BCUT2D eigenvalue weighted by Gasteiger charge is 2.45. The van der Waals surface area contributed by atoms with Crippen molar-refractivity contribution in [3.05, 3.63) is 59.2 Å². The lowest BCUT2D eigenvalue weighted by atomic mass is 9.80. The molecule has 0 radical (unpaired) electrons. The molecule has 0 aromatic heterocycles. The van der Waals surface area contributed by atoms with Crippen molar-refractivity contribution in [2.24, 2.45) is 16.6 Å². The summed E-state index contributed by atoms with van der Waals surface area (Å²) in [4.78, 5) is 6.01. The molecule has 6 N–H and O–H groups in total. The fraction of sp³-hybridized carbons (Fsp3) is 0.381. The maximum atomic E-state index is 10.5. The Morgan fingerprint density at radius 3 is 3.04 bits per heavy atom. The second-order valence-electron chi connectivity index (χ2n) is 7.40. The summed E-state index contributed by atoms with van der Waals surface area (Å²) < 4.78 is 3.51. The summed E-state index contributed by atoms with van der Waals surface area (Å²) in [5.41, 5.74) is 9.44. The van der Waals surface area contributed by atoms with E-state index in [0.29, 0.717) is 6.54 Å². The third-order valence-electron chi connectivity index (χ3n) is 5.43. The Balaban J connectivity index is 1.81. The van der Waals surface area contributed by atoms with Gasteiger partial charge in [-0.1, -0.05) is 35.9 Å². The van der Waals surface area contributed by atoms with Gasteiger partial charge in [0.1, 0.15) is 5.66 Å². The molecule has 4 rings (SSSR count). The van der Waals surface area contributed by atoms with E-state index < -0.39 is 5.66 Å². The molecule has 2 aromatic carbocycles. The highest BCUT2D eigenvalue weighted by atomic mass is 32.2. The standard InChI is InChI=1S/C21H27N5OS/c1-14-7-8-18-17(11-14)21(23-10-4-9-22,26-20(27)25-18)16-12-15-5-2-3-6-19(15)28-24-13-16/h2-3,5-8,11,16,23-24H,4,9-10,12-13,22H2,1H3,(H2,25,26,27). The van der Waals surface area contributed by atoms with Crippen LogP contribution in [-0.2, 0) is 12.1 Å². The van der Waals surface area contributed by atoms with Crippen LogP contribution in [0.4, 0.5) is 5.69 Å². The predicted octanol–water partition coefficient (Wildman–Crippen LogP) is 2.89. The summed E-state index contributed by atoms with van der Waals surface area (Å²) in [6.45, 7) is 4.18. The molecule has 6 nitrogen and oxygen atoms in total. The molecule has 2 aliphatic rings. The first-order valence-corrected chi connectivity index (χ1v) is 10.5. The summed E-state index contributed by atoms with van der Waals surface area (Å²) in [5, 5.41) is 17.1. The molecule has 28 heavy (non-hydrogen) atoms. The minimum Gasteiger partial charge on any atom is -0.481 e. The van der Waals surface area contributed by atoms with Crippen LogP contribution >= 0.6 is 11.9 Å². The number of aliphatic hydroxyl groups excluding tert-OH is 1. The van der Waals surface area contributed by atoms with Crippen molar-refractivity contribution < 1.29 is 5.11 Å². The molecule has 2 aliphatic heterocycles. The number of hydrogen-bond donors (Lipinski definition) is 5. The number of amidine groups is 1. The molecule has 0 amide bonds. The number of hydrogen-bond acceptors (Lipinski definition) is 6. The Hall–Kier alpha value is -2.06. The van der Waals surface area contributed by atoms with Gasteiger partial charge in [0, 0.05) is 28.6 Å². The maximum absolute atomic E-state index is 10.5. The van der Waals surface area contributed by atoms with E-state index in [0.717, 1.165) is 37.2 Å². The van der Waals surface area contributed by atoms with Crippen LogP contribution in [0.25, 0.3) is 0 Å². The van der Waals surface area contributed by atoms with Crippen LogP contribution in [0.15, 0.2) is 52.4 Å². The Labute approximate surface area is 170 Å². The van der Waals surface area contributed by atoms with E-state index in [1.54, 1.807) is 11.9 Å². The van der Waals surface area contributed by atoms with Crippen molar-refractivity contribution in [1.82, 2.24) is 10.0 Å². The molecule has 2 atom stereocenters. The lowest BCUT2D eigenvalue weighted by molar-refractivity contribution is 0.212. The molecule has 2 unspecified atom stereocenters. The van der Waals surface area contributed by atoms with E-state index in [-0.39, 0.29) is 11.9 Å². The molecular formula is C21H27N5OS. The Bertz CT molecular complexity index is 887.